The third kappa shape index (κ3) is 3.75. The number of benzene rings is 1. The summed E-state index contributed by atoms with van der Waals surface area (Å²) >= 11 is 1.77. The normalized spacial score (nSPS) is 27.1. The zero-order valence-electron chi connectivity index (χ0n) is 11.5. The van der Waals surface area contributed by atoms with E-state index in [-0.39, 0.29) is 0 Å². The van der Waals surface area contributed by atoms with Crippen LogP contribution in [-0.4, -0.2) is 16.8 Å². The van der Waals surface area contributed by atoms with Crippen LogP contribution in [0.5, 0.6) is 0 Å². The molecule has 1 aliphatic rings. The van der Waals surface area contributed by atoms with Crippen molar-refractivity contribution < 1.29 is 9.90 Å². The van der Waals surface area contributed by atoms with Crippen molar-refractivity contribution in [2.75, 3.05) is 5.75 Å². The second-order valence-electron chi connectivity index (χ2n) is 5.68. The minimum Gasteiger partial charge on any atom is -0.481 e. The Labute approximate surface area is 119 Å². The molecule has 0 bridgehead atoms. The summed E-state index contributed by atoms with van der Waals surface area (Å²) in [5, 5.41) is 9.56. The Morgan fingerprint density at radius 2 is 1.95 bits per heavy atom. The molecule has 0 spiro atoms. The minimum atomic E-state index is -0.590. The molecule has 0 atom stereocenters. The lowest BCUT2D eigenvalue weighted by atomic mass is 9.69. The Morgan fingerprint density at radius 1 is 1.32 bits per heavy atom. The first-order valence-electron chi connectivity index (χ1n) is 7.04. The molecule has 0 unspecified atom stereocenters. The molecular formula is C16H22O2S. The summed E-state index contributed by atoms with van der Waals surface area (Å²) in [7, 11) is 0. The van der Waals surface area contributed by atoms with E-state index in [0.717, 1.165) is 37.9 Å². The van der Waals surface area contributed by atoms with E-state index in [1.54, 1.807) is 11.8 Å². The Bertz CT molecular complexity index is 408. The molecule has 0 heterocycles. The molecule has 0 amide bonds. The number of rotatable bonds is 5. The molecule has 0 aromatic heterocycles. The maximum atomic E-state index is 11.6. The number of hydrogen-bond acceptors (Lipinski definition) is 2. The summed E-state index contributed by atoms with van der Waals surface area (Å²) in [6.07, 6.45) is 4.59. The van der Waals surface area contributed by atoms with Crippen molar-refractivity contribution in [1.29, 1.82) is 0 Å². The summed E-state index contributed by atoms with van der Waals surface area (Å²) < 4.78 is 0. The second-order valence-corrected chi connectivity index (χ2v) is 6.85. The fourth-order valence-electron chi connectivity index (χ4n) is 2.77. The van der Waals surface area contributed by atoms with Gasteiger partial charge in [-0.2, -0.15) is 0 Å². The molecule has 2 rings (SSSR count). The van der Waals surface area contributed by atoms with Gasteiger partial charge in [-0.3, -0.25) is 4.79 Å². The van der Waals surface area contributed by atoms with E-state index in [1.807, 2.05) is 18.2 Å². The molecule has 1 N–H and O–H groups in total. The van der Waals surface area contributed by atoms with Gasteiger partial charge < -0.3 is 5.11 Å². The molecule has 19 heavy (non-hydrogen) atoms. The Kier molecular flexibility index (Phi) is 4.92. The molecule has 1 aliphatic carbocycles. The van der Waals surface area contributed by atoms with Gasteiger partial charge in [0.25, 0.3) is 0 Å². The molecule has 0 aliphatic heterocycles. The van der Waals surface area contributed by atoms with Crippen molar-refractivity contribution >= 4 is 17.7 Å². The van der Waals surface area contributed by atoms with Gasteiger partial charge in [0, 0.05) is 4.90 Å². The van der Waals surface area contributed by atoms with E-state index in [4.69, 9.17) is 0 Å². The van der Waals surface area contributed by atoms with Crippen molar-refractivity contribution in [3.8, 4) is 0 Å². The fourth-order valence-corrected chi connectivity index (χ4v) is 3.84. The first-order valence-corrected chi connectivity index (χ1v) is 8.02. The Morgan fingerprint density at radius 3 is 2.53 bits per heavy atom. The van der Waals surface area contributed by atoms with Crippen LogP contribution in [0.3, 0.4) is 0 Å². The van der Waals surface area contributed by atoms with Crippen LogP contribution in [0, 0.1) is 11.3 Å². The molecule has 2 nitrogen and oxygen atoms in total. The lowest BCUT2D eigenvalue weighted by molar-refractivity contribution is -0.151. The fraction of sp³-hybridized carbons (Fsp3) is 0.562. The maximum Gasteiger partial charge on any atom is 0.309 e. The van der Waals surface area contributed by atoms with Gasteiger partial charge in [-0.1, -0.05) is 25.1 Å². The standard InChI is InChI=1S/C16H22O2S/c1-13-7-9-16(10-8-13,15(17)18)11-12-19-14-5-3-2-4-6-14/h2-6,13H,7-12H2,1H3,(H,17,18). The average molecular weight is 278 g/mol. The number of thioether (sulfide) groups is 1. The van der Waals surface area contributed by atoms with Crippen LogP contribution in [0.25, 0.3) is 0 Å². The third-order valence-corrected chi connectivity index (χ3v) is 5.29. The van der Waals surface area contributed by atoms with Gasteiger partial charge in [0.2, 0.25) is 0 Å². The van der Waals surface area contributed by atoms with Gasteiger partial charge in [-0.05, 0) is 55.9 Å². The summed E-state index contributed by atoms with van der Waals surface area (Å²) in [6.45, 7) is 2.23. The van der Waals surface area contributed by atoms with Gasteiger partial charge in [-0.25, -0.2) is 0 Å². The number of carboxylic acid groups (broad SMARTS) is 1. The smallest absolute Gasteiger partial charge is 0.309 e. The molecular weight excluding hydrogens is 256 g/mol. The van der Waals surface area contributed by atoms with Gasteiger partial charge in [0.05, 0.1) is 5.41 Å². The topological polar surface area (TPSA) is 37.3 Å². The lowest BCUT2D eigenvalue weighted by Gasteiger charge is -2.35. The largest absolute Gasteiger partial charge is 0.481 e. The van der Waals surface area contributed by atoms with Crippen molar-refractivity contribution in [1.82, 2.24) is 0 Å². The summed E-state index contributed by atoms with van der Waals surface area (Å²) in [5.41, 5.74) is -0.464. The second kappa shape index (κ2) is 6.47. The summed E-state index contributed by atoms with van der Waals surface area (Å²) in [4.78, 5) is 12.8. The van der Waals surface area contributed by atoms with Gasteiger partial charge in [-0.15, -0.1) is 11.8 Å². The lowest BCUT2D eigenvalue weighted by Crippen LogP contribution is -2.35. The quantitative estimate of drug-likeness (QED) is 0.808. The average Bonchev–Trinajstić information content (AvgIpc) is 2.42. The Hall–Kier alpha value is -0.960. The molecule has 1 fully saturated rings. The SMILES string of the molecule is CC1CCC(CCSc2ccccc2)(C(=O)O)CC1. The predicted molar refractivity (Wildman–Crippen MR) is 79.5 cm³/mol. The highest BCUT2D eigenvalue weighted by Gasteiger charge is 2.40. The molecule has 104 valence electrons. The summed E-state index contributed by atoms with van der Waals surface area (Å²) in [6, 6.07) is 10.2. The highest BCUT2D eigenvalue weighted by Crippen LogP contribution is 2.42. The molecule has 3 heteroatoms. The van der Waals surface area contributed by atoms with Crippen LogP contribution >= 0.6 is 11.8 Å². The van der Waals surface area contributed by atoms with Crippen LogP contribution in [0.1, 0.15) is 39.0 Å². The van der Waals surface area contributed by atoms with Crippen molar-refractivity contribution in [3.05, 3.63) is 30.3 Å². The highest BCUT2D eigenvalue weighted by molar-refractivity contribution is 7.99. The molecule has 0 radical (unpaired) electrons. The van der Waals surface area contributed by atoms with Gasteiger partial charge in [0.15, 0.2) is 0 Å². The monoisotopic (exact) mass is 278 g/mol. The third-order valence-electron chi connectivity index (χ3n) is 4.28. The van der Waals surface area contributed by atoms with E-state index in [0.29, 0.717) is 5.92 Å². The van der Waals surface area contributed by atoms with Crippen LogP contribution in [0.2, 0.25) is 0 Å². The minimum absolute atomic E-state index is 0.464. The van der Waals surface area contributed by atoms with Gasteiger partial charge in [0.1, 0.15) is 0 Å². The van der Waals surface area contributed by atoms with E-state index < -0.39 is 11.4 Å². The van der Waals surface area contributed by atoms with Crippen LogP contribution in [0.4, 0.5) is 0 Å². The van der Waals surface area contributed by atoms with E-state index >= 15 is 0 Å². The van der Waals surface area contributed by atoms with Crippen molar-refractivity contribution in [3.63, 3.8) is 0 Å². The number of carbonyl (C=O) groups is 1. The maximum absolute atomic E-state index is 11.6. The Balaban J connectivity index is 1.89. The van der Waals surface area contributed by atoms with Crippen molar-refractivity contribution in [2.24, 2.45) is 11.3 Å². The van der Waals surface area contributed by atoms with Crippen LogP contribution < -0.4 is 0 Å². The van der Waals surface area contributed by atoms with E-state index in [9.17, 15) is 9.90 Å². The predicted octanol–water partition coefficient (Wildman–Crippen LogP) is 4.45. The van der Waals surface area contributed by atoms with Crippen LogP contribution in [-0.2, 0) is 4.79 Å². The number of carboxylic acids is 1. The first-order chi connectivity index (χ1) is 9.12. The van der Waals surface area contributed by atoms with Crippen LogP contribution in [0.15, 0.2) is 35.2 Å². The zero-order chi connectivity index (χ0) is 13.7. The van der Waals surface area contributed by atoms with E-state index in [2.05, 4.69) is 19.1 Å². The van der Waals surface area contributed by atoms with Gasteiger partial charge >= 0.3 is 5.97 Å². The zero-order valence-corrected chi connectivity index (χ0v) is 12.3. The van der Waals surface area contributed by atoms with Crippen molar-refractivity contribution in [2.45, 2.75) is 43.9 Å². The van der Waals surface area contributed by atoms with E-state index in [1.165, 1.54) is 4.90 Å². The number of hydrogen-bond donors (Lipinski definition) is 1. The number of aliphatic carboxylic acids is 1. The first kappa shape index (κ1) is 14.4. The summed E-state index contributed by atoms with van der Waals surface area (Å²) in [5.74, 6) is 0.993. The molecule has 1 aromatic carbocycles. The molecule has 0 saturated heterocycles. The highest BCUT2D eigenvalue weighted by atomic mass is 32.2. The molecule has 1 saturated carbocycles. The molecule has 1 aromatic rings.